The quantitative estimate of drug-likeness (QED) is 0.819. The van der Waals surface area contributed by atoms with Gasteiger partial charge in [0.1, 0.15) is 0 Å². The van der Waals surface area contributed by atoms with Crippen molar-refractivity contribution in [1.82, 2.24) is 19.6 Å². The van der Waals surface area contributed by atoms with E-state index in [9.17, 15) is 0 Å². The molecule has 2 aromatic rings. The van der Waals surface area contributed by atoms with E-state index < -0.39 is 0 Å². The van der Waals surface area contributed by atoms with Gasteiger partial charge in [-0.3, -0.25) is 14.5 Å². The summed E-state index contributed by atoms with van der Waals surface area (Å²) in [6.45, 7) is 10.2. The van der Waals surface area contributed by atoms with Gasteiger partial charge in [-0.1, -0.05) is 44.2 Å². The molecule has 2 heterocycles. The Kier molecular flexibility index (Phi) is 5.13. The fourth-order valence-electron chi connectivity index (χ4n) is 3.73. The lowest BCUT2D eigenvalue weighted by atomic mass is 10.1. The van der Waals surface area contributed by atoms with Crippen LogP contribution in [0.2, 0.25) is 0 Å². The van der Waals surface area contributed by atoms with Crippen LogP contribution < -0.4 is 0 Å². The maximum absolute atomic E-state index is 4.69. The highest BCUT2D eigenvalue weighted by Gasteiger charge is 2.27. The zero-order valence-corrected chi connectivity index (χ0v) is 14.6. The first kappa shape index (κ1) is 16.2. The third-order valence-corrected chi connectivity index (χ3v) is 4.92. The summed E-state index contributed by atoms with van der Waals surface area (Å²) < 4.78 is 1.94. The number of likely N-dealkylation sites (tertiary alicyclic amines) is 1. The smallest absolute Gasteiger partial charge is 0.0968 e. The molecule has 1 saturated heterocycles. The number of rotatable bonds is 6. The molecule has 1 aromatic heterocycles. The third-order valence-electron chi connectivity index (χ3n) is 4.92. The highest BCUT2D eigenvalue weighted by Crippen LogP contribution is 2.25. The Bertz CT molecular complexity index is 616. The highest BCUT2D eigenvalue weighted by molar-refractivity contribution is 5.62. The van der Waals surface area contributed by atoms with Crippen molar-refractivity contribution in [1.29, 1.82) is 0 Å². The predicted molar refractivity (Wildman–Crippen MR) is 95.2 cm³/mol. The summed E-state index contributed by atoms with van der Waals surface area (Å²) in [5.41, 5.74) is 3.67. The molecule has 0 radical (unpaired) electrons. The third kappa shape index (κ3) is 3.65. The zero-order chi connectivity index (χ0) is 16.2. The fraction of sp³-hybridized carbons (Fsp3) is 0.526. The molecule has 1 atom stereocenters. The lowest BCUT2D eigenvalue weighted by Gasteiger charge is -2.26. The van der Waals surface area contributed by atoms with E-state index in [1.807, 2.05) is 11.7 Å². The van der Waals surface area contributed by atoms with Gasteiger partial charge in [-0.2, -0.15) is 5.10 Å². The average Bonchev–Trinajstić information content (AvgIpc) is 3.17. The van der Waals surface area contributed by atoms with E-state index in [-0.39, 0.29) is 0 Å². The van der Waals surface area contributed by atoms with Gasteiger partial charge < -0.3 is 0 Å². The number of aromatic nitrogens is 2. The Morgan fingerprint density at radius 2 is 1.91 bits per heavy atom. The van der Waals surface area contributed by atoms with Gasteiger partial charge in [-0.25, -0.2) is 0 Å². The normalized spacial score (nSPS) is 18.9. The second-order valence-corrected chi connectivity index (χ2v) is 6.44. The molecule has 4 heteroatoms. The zero-order valence-electron chi connectivity index (χ0n) is 14.6. The summed E-state index contributed by atoms with van der Waals surface area (Å²) in [5.74, 6) is 0. The van der Waals surface area contributed by atoms with Gasteiger partial charge in [0.05, 0.1) is 5.69 Å². The molecule has 0 saturated carbocycles. The molecular formula is C19H28N4. The number of hydrogen-bond acceptors (Lipinski definition) is 3. The van der Waals surface area contributed by atoms with Crippen molar-refractivity contribution in [2.45, 2.75) is 32.9 Å². The Labute approximate surface area is 139 Å². The van der Waals surface area contributed by atoms with Crippen LogP contribution in [0.25, 0.3) is 11.3 Å². The average molecular weight is 312 g/mol. The first-order valence-electron chi connectivity index (χ1n) is 8.75. The molecule has 1 unspecified atom stereocenters. The maximum atomic E-state index is 4.69. The van der Waals surface area contributed by atoms with E-state index in [1.165, 1.54) is 30.6 Å². The van der Waals surface area contributed by atoms with E-state index in [0.29, 0.717) is 6.04 Å². The van der Waals surface area contributed by atoms with Crippen LogP contribution in [0, 0.1) is 0 Å². The molecule has 1 aliphatic heterocycles. The summed E-state index contributed by atoms with van der Waals surface area (Å²) in [4.78, 5) is 5.16. The van der Waals surface area contributed by atoms with Crippen LogP contribution in [-0.2, 0) is 13.6 Å². The second-order valence-electron chi connectivity index (χ2n) is 6.44. The van der Waals surface area contributed by atoms with Gasteiger partial charge in [0.2, 0.25) is 0 Å². The largest absolute Gasteiger partial charge is 0.300 e. The number of hydrogen-bond donors (Lipinski definition) is 0. The number of nitrogens with zero attached hydrogens (tertiary/aromatic N) is 4. The Hall–Kier alpha value is -1.65. The topological polar surface area (TPSA) is 24.3 Å². The van der Waals surface area contributed by atoms with Crippen molar-refractivity contribution in [2.75, 3.05) is 26.2 Å². The molecule has 1 aromatic carbocycles. The van der Waals surface area contributed by atoms with E-state index in [4.69, 9.17) is 0 Å². The van der Waals surface area contributed by atoms with Crippen LogP contribution in [0.5, 0.6) is 0 Å². The summed E-state index contributed by atoms with van der Waals surface area (Å²) in [6, 6.07) is 11.2. The van der Waals surface area contributed by atoms with Crippen LogP contribution >= 0.6 is 0 Å². The molecule has 3 rings (SSSR count). The molecule has 0 amide bonds. The van der Waals surface area contributed by atoms with E-state index in [2.05, 4.69) is 65.3 Å². The summed E-state index contributed by atoms with van der Waals surface area (Å²) in [7, 11) is 2.01. The standard InChI is InChI=1S/C19H28N4/c1-4-23(5-2)18-11-12-22(15-18)14-17-13-21(3)20-19(17)16-9-7-6-8-10-16/h6-10,13,18H,4-5,11-12,14-15H2,1-3H3. The molecule has 0 aliphatic carbocycles. The maximum Gasteiger partial charge on any atom is 0.0968 e. The molecule has 4 nitrogen and oxygen atoms in total. The monoisotopic (exact) mass is 312 g/mol. The minimum Gasteiger partial charge on any atom is -0.300 e. The summed E-state index contributed by atoms with van der Waals surface area (Å²) >= 11 is 0. The number of aryl methyl sites for hydroxylation is 1. The Morgan fingerprint density at radius 3 is 2.61 bits per heavy atom. The van der Waals surface area contributed by atoms with Crippen LogP contribution in [0.1, 0.15) is 25.8 Å². The fourth-order valence-corrected chi connectivity index (χ4v) is 3.73. The second kappa shape index (κ2) is 7.28. The van der Waals surface area contributed by atoms with Gasteiger partial charge in [0, 0.05) is 50.0 Å². The number of likely N-dealkylation sites (N-methyl/N-ethyl adjacent to an activating group) is 1. The first-order valence-corrected chi connectivity index (χ1v) is 8.75. The Balaban J connectivity index is 1.72. The predicted octanol–water partition coefficient (Wildman–Crippen LogP) is 3.00. The van der Waals surface area contributed by atoms with Crippen LogP contribution in [0.3, 0.4) is 0 Å². The van der Waals surface area contributed by atoms with Crippen molar-refractivity contribution in [3.63, 3.8) is 0 Å². The summed E-state index contributed by atoms with van der Waals surface area (Å²) in [6.07, 6.45) is 3.45. The molecular weight excluding hydrogens is 284 g/mol. The van der Waals surface area contributed by atoms with E-state index in [1.54, 1.807) is 0 Å². The van der Waals surface area contributed by atoms with Gasteiger partial charge in [0.15, 0.2) is 0 Å². The lowest BCUT2D eigenvalue weighted by Crippen LogP contribution is -2.37. The van der Waals surface area contributed by atoms with E-state index in [0.717, 1.165) is 25.3 Å². The Morgan fingerprint density at radius 1 is 1.17 bits per heavy atom. The van der Waals surface area contributed by atoms with Crippen molar-refractivity contribution in [2.24, 2.45) is 7.05 Å². The molecule has 1 aliphatic rings. The van der Waals surface area contributed by atoms with Crippen molar-refractivity contribution in [3.8, 4) is 11.3 Å². The molecule has 0 bridgehead atoms. The van der Waals surface area contributed by atoms with E-state index >= 15 is 0 Å². The van der Waals surface area contributed by atoms with Crippen LogP contribution in [0.15, 0.2) is 36.5 Å². The minimum atomic E-state index is 0.710. The summed E-state index contributed by atoms with van der Waals surface area (Å²) in [5, 5.41) is 4.69. The van der Waals surface area contributed by atoms with Crippen molar-refractivity contribution >= 4 is 0 Å². The number of benzene rings is 1. The minimum absolute atomic E-state index is 0.710. The van der Waals surface area contributed by atoms with Crippen LogP contribution in [0.4, 0.5) is 0 Å². The van der Waals surface area contributed by atoms with Gasteiger partial charge in [0.25, 0.3) is 0 Å². The van der Waals surface area contributed by atoms with Gasteiger partial charge in [-0.15, -0.1) is 0 Å². The molecule has 0 spiro atoms. The SMILES string of the molecule is CCN(CC)C1CCN(Cc2cn(C)nc2-c2ccccc2)C1. The van der Waals surface area contributed by atoms with Crippen molar-refractivity contribution < 1.29 is 0 Å². The molecule has 1 fully saturated rings. The highest BCUT2D eigenvalue weighted by atomic mass is 15.3. The first-order chi connectivity index (χ1) is 11.2. The van der Waals surface area contributed by atoms with Gasteiger partial charge in [-0.05, 0) is 19.5 Å². The van der Waals surface area contributed by atoms with Crippen molar-refractivity contribution in [3.05, 3.63) is 42.1 Å². The molecule has 0 N–H and O–H groups in total. The molecule has 124 valence electrons. The lowest BCUT2D eigenvalue weighted by molar-refractivity contribution is 0.209. The molecule has 23 heavy (non-hydrogen) atoms. The van der Waals surface area contributed by atoms with Gasteiger partial charge >= 0.3 is 0 Å². The van der Waals surface area contributed by atoms with Crippen LogP contribution in [-0.4, -0.2) is 51.8 Å².